The summed E-state index contributed by atoms with van der Waals surface area (Å²) in [6.45, 7) is 0.203. The number of hydrogen-bond acceptors (Lipinski definition) is 5. The van der Waals surface area contributed by atoms with Crippen molar-refractivity contribution in [3.63, 3.8) is 0 Å². The number of nitrogens with two attached hydrogens (primary N) is 1. The van der Waals surface area contributed by atoms with Crippen LogP contribution in [0.1, 0.15) is 11.8 Å². The summed E-state index contributed by atoms with van der Waals surface area (Å²) >= 11 is 3.24. The maximum absolute atomic E-state index is 9.59. The minimum Gasteiger partial charge on any atom is -0.385 e. The average Bonchev–Trinajstić information content (AvgIpc) is 2.87. The van der Waals surface area contributed by atoms with E-state index in [0.717, 1.165) is 10.6 Å². The van der Waals surface area contributed by atoms with Crippen molar-refractivity contribution in [3.8, 4) is 10.6 Å². The quantitative estimate of drug-likeness (QED) is 0.835. The molecule has 1 heterocycles. The van der Waals surface area contributed by atoms with Gasteiger partial charge in [-0.15, -0.1) is 23.1 Å². The largest absolute Gasteiger partial charge is 0.385 e. The lowest BCUT2D eigenvalue weighted by atomic mass is 10.2. The zero-order valence-corrected chi connectivity index (χ0v) is 11.1. The Labute approximate surface area is 109 Å². The molecule has 0 spiro atoms. The first kappa shape index (κ1) is 12.6. The molecule has 0 saturated heterocycles. The van der Waals surface area contributed by atoms with Crippen LogP contribution in [0.25, 0.3) is 10.6 Å². The van der Waals surface area contributed by atoms with Crippen LogP contribution >= 0.6 is 23.1 Å². The van der Waals surface area contributed by atoms with Gasteiger partial charge in [0, 0.05) is 22.4 Å². The molecule has 0 fully saturated rings. The van der Waals surface area contributed by atoms with Gasteiger partial charge in [-0.2, -0.15) is 0 Å². The van der Waals surface area contributed by atoms with E-state index in [1.54, 1.807) is 11.8 Å². The molecule has 0 aliphatic rings. The molecule has 5 heteroatoms. The number of nitrogens with zero attached hydrogens (tertiary/aromatic N) is 1. The van der Waals surface area contributed by atoms with Crippen LogP contribution in [0.3, 0.4) is 0 Å². The highest BCUT2D eigenvalue weighted by Gasteiger charge is 2.10. The van der Waals surface area contributed by atoms with Gasteiger partial charge in [-0.25, -0.2) is 4.98 Å². The van der Waals surface area contributed by atoms with Crippen molar-refractivity contribution in [2.75, 3.05) is 12.8 Å². The Morgan fingerprint density at radius 1 is 1.41 bits per heavy atom. The molecule has 0 aliphatic heterocycles. The molecule has 0 bridgehead atoms. The predicted octanol–water partition coefficient (Wildman–Crippen LogP) is 2.52. The van der Waals surface area contributed by atoms with Gasteiger partial charge in [0.05, 0.1) is 5.69 Å². The van der Waals surface area contributed by atoms with Crippen molar-refractivity contribution >= 4 is 23.1 Å². The van der Waals surface area contributed by atoms with E-state index in [2.05, 4.69) is 17.1 Å². The summed E-state index contributed by atoms with van der Waals surface area (Å²) in [5.41, 5.74) is 7.13. The molecule has 0 saturated carbocycles. The van der Waals surface area contributed by atoms with Gasteiger partial charge in [-0.1, -0.05) is 12.1 Å². The molecule has 2 aromatic rings. The van der Waals surface area contributed by atoms with Crippen LogP contribution in [0.4, 0.5) is 0 Å². The minimum atomic E-state index is -0.662. The standard InChI is InChI=1S/C12H14N2OS2/c1-16-9-4-2-8(3-5-9)12-14-10(7-17-12)11(15)6-13/h2-5,7,11,15H,6,13H2,1H3. The molecule has 0 aliphatic carbocycles. The van der Waals surface area contributed by atoms with E-state index >= 15 is 0 Å². The summed E-state index contributed by atoms with van der Waals surface area (Å²) < 4.78 is 0. The lowest BCUT2D eigenvalue weighted by Gasteiger charge is -2.02. The van der Waals surface area contributed by atoms with Gasteiger partial charge in [-0.05, 0) is 18.4 Å². The molecular formula is C12H14N2OS2. The highest BCUT2D eigenvalue weighted by Crippen LogP contribution is 2.27. The van der Waals surface area contributed by atoms with E-state index in [-0.39, 0.29) is 6.54 Å². The minimum absolute atomic E-state index is 0.203. The van der Waals surface area contributed by atoms with Crippen molar-refractivity contribution < 1.29 is 5.11 Å². The maximum atomic E-state index is 9.59. The molecule has 0 amide bonds. The third-order valence-electron chi connectivity index (χ3n) is 2.42. The third kappa shape index (κ3) is 2.87. The predicted molar refractivity (Wildman–Crippen MR) is 73.3 cm³/mol. The summed E-state index contributed by atoms with van der Waals surface area (Å²) in [5.74, 6) is 0. The fourth-order valence-corrected chi connectivity index (χ4v) is 2.71. The monoisotopic (exact) mass is 266 g/mol. The Kier molecular flexibility index (Phi) is 4.17. The van der Waals surface area contributed by atoms with Gasteiger partial charge in [-0.3, -0.25) is 0 Å². The van der Waals surface area contributed by atoms with Gasteiger partial charge >= 0.3 is 0 Å². The molecule has 0 radical (unpaired) electrons. The molecule has 3 nitrogen and oxygen atoms in total. The van der Waals surface area contributed by atoms with Crippen molar-refractivity contribution in [3.05, 3.63) is 35.3 Å². The van der Waals surface area contributed by atoms with Crippen LogP contribution in [0.5, 0.6) is 0 Å². The summed E-state index contributed by atoms with van der Waals surface area (Å²) in [4.78, 5) is 5.62. The lowest BCUT2D eigenvalue weighted by molar-refractivity contribution is 0.182. The number of rotatable bonds is 4. The maximum Gasteiger partial charge on any atom is 0.123 e. The first-order valence-electron chi connectivity index (χ1n) is 5.22. The number of aromatic nitrogens is 1. The van der Waals surface area contributed by atoms with Crippen LogP contribution in [0, 0.1) is 0 Å². The number of thiazole rings is 1. The summed E-state index contributed by atoms with van der Waals surface area (Å²) in [5, 5.41) is 12.4. The number of aliphatic hydroxyl groups excluding tert-OH is 1. The Bertz CT molecular complexity index is 482. The van der Waals surface area contributed by atoms with Crippen LogP contribution < -0.4 is 5.73 Å². The van der Waals surface area contributed by atoms with Crippen LogP contribution in [0.15, 0.2) is 34.5 Å². The van der Waals surface area contributed by atoms with Crippen LogP contribution in [-0.4, -0.2) is 22.9 Å². The molecule has 1 unspecified atom stereocenters. The van der Waals surface area contributed by atoms with Gasteiger partial charge in [0.25, 0.3) is 0 Å². The number of benzene rings is 1. The molecule has 1 aromatic carbocycles. The Morgan fingerprint density at radius 2 is 2.12 bits per heavy atom. The van der Waals surface area contributed by atoms with E-state index in [1.165, 1.54) is 16.2 Å². The molecule has 90 valence electrons. The smallest absolute Gasteiger partial charge is 0.123 e. The summed E-state index contributed by atoms with van der Waals surface area (Å²) in [7, 11) is 0. The molecule has 1 aromatic heterocycles. The lowest BCUT2D eigenvalue weighted by Crippen LogP contribution is -2.11. The first-order valence-corrected chi connectivity index (χ1v) is 7.33. The number of aliphatic hydroxyl groups is 1. The zero-order valence-electron chi connectivity index (χ0n) is 9.46. The highest BCUT2D eigenvalue weighted by molar-refractivity contribution is 7.98. The summed E-state index contributed by atoms with van der Waals surface area (Å²) in [6.07, 6.45) is 1.39. The zero-order chi connectivity index (χ0) is 12.3. The Balaban J connectivity index is 2.24. The second-order valence-electron chi connectivity index (χ2n) is 3.56. The van der Waals surface area contributed by atoms with E-state index in [4.69, 9.17) is 5.73 Å². The Morgan fingerprint density at radius 3 is 2.71 bits per heavy atom. The molecule has 17 heavy (non-hydrogen) atoms. The Hall–Kier alpha value is -0.880. The molecular weight excluding hydrogens is 252 g/mol. The van der Waals surface area contributed by atoms with Gasteiger partial charge in [0.1, 0.15) is 11.1 Å². The fraction of sp³-hybridized carbons (Fsp3) is 0.250. The van der Waals surface area contributed by atoms with E-state index < -0.39 is 6.10 Å². The molecule has 3 N–H and O–H groups in total. The topological polar surface area (TPSA) is 59.1 Å². The van der Waals surface area contributed by atoms with Gasteiger partial charge in [0.15, 0.2) is 0 Å². The van der Waals surface area contributed by atoms with Crippen molar-refractivity contribution in [1.82, 2.24) is 4.98 Å². The van der Waals surface area contributed by atoms with Crippen LogP contribution in [0.2, 0.25) is 0 Å². The number of hydrogen-bond donors (Lipinski definition) is 2. The van der Waals surface area contributed by atoms with Crippen LogP contribution in [-0.2, 0) is 0 Å². The van der Waals surface area contributed by atoms with E-state index in [9.17, 15) is 5.11 Å². The van der Waals surface area contributed by atoms with E-state index in [1.807, 2.05) is 23.8 Å². The molecule has 2 rings (SSSR count). The number of thioether (sulfide) groups is 1. The van der Waals surface area contributed by atoms with Crippen molar-refractivity contribution in [2.24, 2.45) is 5.73 Å². The van der Waals surface area contributed by atoms with Crippen molar-refractivity contribution in [2.45, 2.75) is 11.0 Å². The summed E-state index contributed by atoms with van der Waals surface area (Å²) in [6, 6.07) is 8.23. The SMILES string of the molecule is CSc1ccc(-c2nc(C(O)CN)cs2)cc1. The average molecular weight is 266 g/mol. The van der Waals surface area contributed by atoms with E-state index in [0.29, 0.717) is 5.69 Å². The fourth-order valence-electron chi connectivity index (χ4n) is 1.43. The first-order chi connectivity index (χ1) is 8.24. The second kappa shape index (κ2) is 5.64. The highest BCUT2D eigenvalue weighted by atomic mass is 32.2. The molecule has 1 atom stereocenters. The normalized spacial score (nSPS) is 12.6. The van der Waals surface area contributed by atoms with Crippen molar-refractivity contribution in [1.29, 1.82) is 0 Å². The second-order valence-corrected chi connectivity index (χ2v) is 5.30. The van der Waals surface area contributed by atoms with Gasteiger partial charge in [0.2, 0.25) is 0 Å². The van der Waals surface area contributed by atoms with Gasteiger partial charge < -0.3 is 10.8 Å². The third-order valence-corrected chi connectivity index (χ3v) is 4.08.